The van der Waals surface area contributed by atoms with Crippen molar-refractivity contribution in [1.82, 2.24) is 9.55 Å². The van der Waals surface area contributed by atoms with Crippen LogP contribution >= 0.6 is 11.6 Å². The predicted molar refractivity (Wildman–Crippen MR) is 65.1 cm³/mol. The van der Waals surface area contributed by atoms with Gasteiger partial charge in [0.15, 0.2) is 5.15 Å². The Labute approximate surface area is 102 Å². The summed E-state index contributed by atoms with van der Waals surface area (Å²) < 4.78 is 1.33. The van der Waals surface area contributed by atoms with Gasteiger partial charge in [-0.05, 0) is 17.7 Å². The van der Waals surface area contributed by atoms with Gasteiger partial charge < -0.3 is 10.8 Å². The first-order valence-corrected chi connectivity index (χ1v) is 5.24. The summed E-state index contributed by atoms with van der Waals surface area (Å²) >= 11 is 5.62. The van der Waals surface area contributed by atoms with Crippen molar-refractivity contribution >= 4 is 17.3 Å². The summed E-state index contributed by atoms with van der Waals surface area (Å²) in [6.07, 6.45) is 1.32. The van der Waals surface area contributed by atoms with E-state index in [1.165, 1.54) is 10.9 Å². The van der Waals surface area contributed by atoms with E-state index in [-0.39, 0.29) is 23.1 Å². The Morgan fingerprint density at radius 2 is 2.24 bits per heavy atom. The number of anilines is 1. The molecule has 0 radical (unpaired) electrons. The monoisotopic (exact) mass is 251 g/mol. The van der Waals surface area contributed by atoms with Gasteiger partial charge in [0.05, 0.1) is 12.9 Å². The van der Waals surface area contributed by atoms with Crippen molar-refractivity contribution in [3.05, 3.63) is 51.7 Å². The maximum atomic E-state index is 11.7. The van der Waals surface area contributed by atoms with Crippen LogP contribution in [-0.2, 0) is 6.54 Å². The first-order valence-electron chi connectivity index (χ1n) is 4.86. The summed E-state index contributed by atoms with van der Waals surface area (Å²) in [5, 5.41) is 9.31. The average molecular weight is 252 g/mol. The topological polar surface area (TPSA) is 81.1 Å². The van der Waals surface area contributed by atoms with Crippen LogP contribution < -0.4 is 11.3 Å². The predicted octanol–water partition coefficient (Wildman–Crippen LogP) is 1.23. The molecule has 1 heterocycles. The molecule has 0 aliphatic carbocycles. The Kier molecular flexibility index (Phi) is 3.01. The van der Waals surface area contributed by atoms with Gasteiger partial charge in [-0.15, -0.1) is 0 Å². The van der Waals surface area contributed by atoms with E-state index < -0.39 is 5.56 Å². The normalized spacial score (nSPS) is 10.4. The van der Waals surface area contributed by atoms with Crippen LogP contribution in [0.15, 0.2) is 35.4 Å². The van der Waals surface area contributed by atoms with E-state index in [9.17, 15) is 9.90 Å². The minimum atomic E-state index is -0.395. The first-order chi connectivity index (χ1) is 8.08. The maximum absolute atomic E-state index is 11.7. The maximum Gasteiger partial charge on any atom is 0.278 e. The molecule has 0 unspecified atom stereocenters. The van der Waals surface area contributed by atoms with Crippen LogP contribution in [0.1, 0.15) is 5.56 Å². The number of hydrogen-bond acceptors (Lipinski definition) is 4. The van der Waals surface area contributed by atoms with Crippen LogP contribution in [0.4, 0.5) is 5.69 Å². The number of phenolic OH excluding ortho intramolecular Hbond substituents is 1. The van der Waals surface area contributed by atoms with E-state index in [1.807, 2.05) is 0 Å². The number of benzene rings is 1. The molecule has 5 nitrogen and oxygen atoms in total. The molecule has 0 saturated carbocycles. The lowest BCUT2D eigenvalue weighted by Gasteiger charge is -2.07. The minimum absolute atomic E-state index is 0.00200. The summed E-state index contributed by atoms with van der Waals surface area (Å²) in [7, 11) is 0. The summed E-state index contributed by atoms with van der Waals surface area (Å²) in [4.78, 5) is 15.5. The first kappa shape index (κ1) is 11.5. The van der Waals surface area contributed by atoms with Gasteiger partial charge in [0, 0.05) is 0 Å². The third kappa shape index (κ3) is 2.39. The van der Waals surface area contributed by atoms with Crippen LogP contribution in [0.25, 0.3) is 0 Å². The largest absolute Gasteiger partial charge is 0.508 e. The molecule has 0 amide bonds. The van der Waals surface area contributed by atoms with Gasteiger partial charge in [-0.2, -0.15) is 0 Å². The highest BCUT2D eigenvalue weighted by atomic mass is 35.5. The molecular weight excluding hydrogens is 242 g/mol. The highest BCUT2D eigenvalue weighted by molar-refractivity contribution is 6.31. The van der Waals surface area contributed by atoms with E-state index in [0.29, 0.717) is 0 Å². The second-order valence-electron chi connectivity index (χ2n) is 3.55. The van der Waals surface area contributed by atoms with Crippen LogP contribution in [0.2, 0.25) is 5.15 Å². The number of nitrogens with zero attached hydrogens (tertiary/aromatic N) is 2. The standard InChI is InChI=1S/C11H10ClN3O2/c12-10-9(13)11(17)15(6-14-10)5-7-2-1-3-8(16)4-7/h1-4,6,16H,5,13H2. The Morgan fingerprint density at radius 3 is 2.94 bits per heavy atom. The Bertz CT molecular complexity index is 610. The minimum Gasteiger partial charge on any atom is -0.508 e. The van der Waals surface area contributed by atoms with Crippen molar-refractivity contribution in [2.45, 2.75) is 6.54 Å². The number of nitrogens with two attached hydrogens (primary N) is 1. The van der Waals surface area contributed by atoms with Crippen LogP contribution in [0.5, 0.6) is 5.75 Å². The number of nitrogen functional groups attached to an aromatic ring is 1. The van der Waals surface area contributed by atoms with Crippen LogP contribution in [0.3, 0.4) is 0 Å². The quantitative estimate of drug-likeness (QED) is 0.787. The molecule has 0 bridgehead atoms. The van der Waals surface area contributed by atoms with Gasteiger partial charge in [0.25, 0.3) is 5.56 Å². The smallest absolute Gasteiger partial charge is 0.278 e. The zero-order valence-corrected chi connectivity index (χ0v) is 9.55. The molecule has 1 aromatic carbocycles. The Hall–Kier alpha value is -2.01. The number of hydrogen-bond donors (Lipinski definition) is 2. The number of rotatable bonds is 2. The summed E-state index contributed by atoms with van der Waals surface area (Å²) in [5.74, 6) is 0.144. The second-order valence-corrected chi connectivity index (χ2v) is 3.91. The van der Waals surface area contributed by atoms with Crippen LogP contribution in [0, 0.1) is 0 Å². The van der Waals surface area contributed by atoms with Crippen molar-refractivity contribution in [3.63, 3.8) is 0 Å². The number of aromatic nitrogens is 2. The third-order valence-corrected chi connectivity index (χ3v) is 2.59. The van der Waals surface area contributed by atoms with Crippen molar-refractivity contribution in [3.8, 4) is 5.75 Å². The van der Waals surface area contributed by atoms with Crippen molar-refractivity contribution < 1.29 is 5.11 Å². The van der Waals surface area contributed by atoms with Crippen molar-refractivity contribution in [1.29, 1.82) is 0 Å². The number of halogens is 1. The summed E-state index contributed by atoms with van der Waals surface area (Å²) in [5.41, 5.74) is 5.79. The fourth-order valence-electron chi connectivity index (χ4n) is 1.45. The molecule has 3 N–H and O–H groups in total. The van der Waals surface area contributed by atoms with Gasteiger partial charge in [0.1, 0.15) is 11.4 Å². The number of aromatic hydroxyl groups is 1. The third-order valence-electron chi connectivity index (χ3n) is 2.29. The molecule has 0 aliphatic rings. The van der Waals surface area contributed by atoms with Crippen LogP contribution in [-0.4, -0.2) is 14.7 Å². The molecule has 2 rings (SSSR count). The zero-order chi connectivity index (χ0) is 12.4. The van der Waals surface area contributed by atoms with Gasteiger partial charge in [-0.25, -0.2) is 4.98 Å². The lowest BCUT2D eigenvalue weighted by molar-refractivity contribution is 0.474. The SMILES string of the molecule is Nc1c(Cl)ncn(Cc2cccc(O)c2)c1=O. The summed E-state index contributed by atoms with van der Waals surface area (Å²) in [6.45, 7) is 0.279. The zero-order valence-electron chi connectivity index (χ0n) is 8.80. The number of phenols is 1. The molecule has 0 atom stereocenters. The molecule has 6 heteroatoms. The molecule has 0 fully saturated rings. The molecule has 0 aliphatic heterocycles. The van der Waals surface area contributed by atoms with E-state index in [4.69, 9.17) is 17.3 Å². The van der Waals surface area contributed by atoms with Gasteiger partial charge in [0.2, 0.25) is 0 Å². The Morgan fingerprint density at radius 1 is 1.47 bits per heavy atom. The van der Waals surface area contributed by atoms with E-state index in [1.54, 1.807) is 24.3 Å². The Balaban J connectivity index is 2.37. The molecule has 0 spiro atoms. The average Bonchev–Trinajstić information content (AvgIpc) is 2.30. The molecule has 1 aromatic heterocycles. The fourth-order valence-corrected chi connectivity index (χ4v) is 1.57. The second kappa shape index (κ2) is 4.47. The summed E-state index contributed by atoms with van der Waals surface area (Å²) in [6, 6.07) is 6.61. The molecule has 88 valence electrons. The van der Waals surface area contributed by atoms with Gasteiger partial charge in [-0.1, -0.05) is 23.7 Å². The molecule has 0 saturated heterocycles. The van der Waals surface area contributed by atoms with E-state index in [2.05, 4.69) is 4.98 Å². The van der Waals surface area contributed by atoms with Gasteiger partial charge in [-0.3, -0.25) is 9.36 Å². The van der Waals surface area contributed by atoms with Crippen molar-refractivity contribution in [2.24, 2.45) is 0 Å². The molecule has 17 heavy (non-hydrogen) atoms. The fraction of sp³-hybridized carbons (Fsp3) is 0.0909. The highest BCUT2D eigenvalue weighted by Crippen LogP contribution is 2.13. The molecular formula is C11H10ClN3O2. The van der Waals surface area contributed by atoms with Gasteiger partial charge >= 0.3 is 0 Å². The van der Waals surface area contributed by atoms with E-state index >= 15 is 0 Å². The lowest BCUT2D eigenvalue weighted by atomic mass is 10.2. The van der Waals surface area contributed by atoms with E-state index in [0.717, 1.165) is 5.56 Å². The molecule has 2 aromatic rings. The lowest BCUT2D eigenvalue weighted by Crippen LogP contribution is -2.24. The highest BCUT2D eigenvalue weighted by Gasteiger charge is 2.06. The van der Waals surface area contributed by atoms with Crippen molar-refractivity contribution in [2.75, 3.05) is 5.73 Å².